The van der Waals surface area contributed by atoms with Crippen LogP contribution in [0.3, 0.4) is 0 Å². The highest BCUT2D eigenvalue weighted by atomic mass is 16.2. The molecule has 1 saturated heterocycles. The fourth-order valence-corrected chi connectivity index (χ4v) is 3.92. The molecule has 1 aliphatic rings. The average molecular weight is 435 g/mol. The molecule has 0 bridgehead atoms. The van der Waals surface area contributed by atoms with Gasteiger partial charge in [0.15, 0.2) is 0 Å². The summed E-state index contributed by atoms with van der Waals surface area (Å²) in [5, 5.41) is 5.43. The van der Waals surface area contributed by atoms with Crippen molar-refractivity contribution in [3.8, 4) is 0 Å². The molecular weight excluding hydrogens is 404 g/mol. The second-order valence-electron chi connectivity index (χ2n) is 8.39. The summed E-state index contributed by atoms with van der Waals surface area (Å²) in [6.45, 7) is 8.18. The van der Waals surface area contributed by atoms with Crippen LogP contribution in [-0.4, -0.2) is 59.3 Å². The van der Waals surface area contributed by atoms with E-state index in [4.69, 9.17) is 0 Å². The van der Waals surface area contributed by atoms with Crippen LogP contribution in [-0.2, 0) is 16.1 Å². The smallest absolute Gasteiger partial charge is 0.309 e. The Morgan fingerprint density at radius 3 is 2.44 bits per heavy atom. The molecule has 32 heavy (non-hydrogen) atoms. The number of pyridine rings is 1. The van der Waals surface area contributed by atoms with E-state index in [2.05, 4.69) is 44.6 Å². The highest BCUT2D eigenvalue weighted by molar-refractivity contribution is 6.35. The lowest BCUT2D eigenvalue weighted by Gasteiger charge is -2.34. The fraction of sp³-hybridized carbons (Fsp3) is 0.375. The van der Waals surface area contributed by atoms with Crippen molar-refractivity contribution >= 4 is 23.1 Å². The normalized spacial score (nSPS) is 15.5. The highest BCUT2D eigenvalue weighted by Gasteiger charge is 2.18. The zero-order chi connectivity index (χ0) is 22.7. The number of nitrogens with zero attached hydrogens (tertiary/aromatic N) is 4. The van der Waals surface area contributed by atoms with Crippen molar-refractivity contribution in [3.05, 3.63) is 65.6 Å². The third-order valence-corrected chi connectivity index (χ3v) is 5.99. The molecule has 4 rings (SSSR count). The molecule has 1 aliphatic heterocycles. The van der Waals surface area contributed by atoms with Crippen LogP contribution in [0.15, 0.2) is 48.7 Å². The number of aryl methyl sites for hydroxylation is 1. The molecule has 1 aromatic carbocycles. The lowest BCUT2D eigenvalue weighted by molar-refractivity contribution is -0.139. The number of anilines is 1. The van der Waals surface area contributed by atoms with E-state index >= 15 is 0 Å². The van der Waals surface area contributed by atoms with Gasteiger partial charge in [-0.15, -0.1) is 0 Å². The van der Waals surface area contributed by atoms with Crippen LogP contribution in [0.2, 0.25) is 0 Å². The van der Waals surface area contributed by atoms with Gasteiger partial charge in [0.05, 0.1) is 18.3 Å². The van der Waals surface area contributed by atoms with Crippen molar-refractivity contribution in [1.82, 2.24) is 24.9 Å². The average Bonchev–Trinajstić information content (AvgIpc) is 3.22. The van der Waals surface area contributed by atoms with Crippen molar-refractivity contribution in [2.45, 2.75) is 26.4 Å². The molecule has 3 aromatic rings. The number of piperazine rings is 1. The fourth-order valence-electron chi connectivity index (χ4n) is 3.92. The van der Waals surface area contributed by atoms with Crippen LogP contribution in [0.5, 0.6) is 0 Å². The number of amides is 2. The van der Waals surface area contributed by atoms with Crippen LogP contribution in [0.25, 0.3) is 5.65 Å². The van der Waals surface area contributed by atoms with Crippen molar-refractivity contribution in [2.24, 2.45) is 0 Å². The molecule has 0 spiro atoms. The van der Waals surface area contributed by atoms with E-state index in [1.54, 1.807) is 0 Å². The van der Waals surface area contributed by atoms with E-state index in [0.717, 1.165) is 43.1 Å². The predicted octanol–water partition coefficient (Wildman–Crippen LogP) is 1.89. The van der Waals surface area contributed by atoms with Gasteiger partial charge in [-0.1, -0.05) is 18.2 Å². The Morgan fingerprint density at radius 1 is 1.03 bits per heavy atom. The van der Waals surface area contributed by atoms with E-state index in [-0.39, 0.29) is 12.6 Å². The topological polar surface area (TPSA) is 82.0 Å². The zero-order valence-corrected chi connectivity index (χ0v) is 18.8. The molecule has 0 radical (unpaired) electrons. The number of rotatable bonds is 5. The monoisotopic (exact) mass is 434 g/mol. The maximum Gasteiger partial charge on any atom is 0.309 e. The molecule has 8 heteroatoms. The minimum atomic E-state index is -0.667. The largest absolute Gasteiger partial charge is 0.369 e. The number of hydrogen-bond acceptors (Lipinski definition) is 5. The lowest BCUT2D eigenvalue weighted by Crippen LogP contribution is -2.44. The molecular formula is C24H30N6O2. The zero-order valence-electron chi connectivity index (χ0n) is 18.8. The van der Waals surface area contributed by atoms with Gasteiger partial charge in [0.2, 0.25) is 0 Å². The quantitative estimate of drug-likeness (QED) is 0.600. The number of carbonyl (C=O) groups excluding carboxylic acids is 2. The molecule has 1 unspecified atom stereocenters. The van der Waals surface area contributed by atoms with Crippen molar-refractivity contribution in [1.29, 1.82) is 0 Å². The molecule has 8 nitrogen and oxygen atoms in total. The van der Waals surface area contributed by atoms with Crippen LogP contribution in [0, 0.1) is 6.92 Å². The van der Waals surface area contributed by atoms with Gasteiger partial charge in [-0.2, -0.15) is 0 Å². The number of carbonyl (C=O) groups is 2. The summed E-state index contributed by atoms with van der Waals surface area (Å²) >= 11 is 0. The molecule has 3 heterocycles. The molecule has 0 saturated carbocycles. The maximum atomic E-state index is 12.4. The van der Waals surface area contributed by atoms with Crippen LogP contribution >= 0.6 is 0 Å². The third kappa shape index (κ3) is 4.91. The van der Waals surface area contributed by atoms with Crippen molar-refractivity contribution < 1.29 is 9.59 Å². The van der Waals surface area contributed by atoms with Crippen molar-refractivity contribution in [3.63, 3.8) is 0 Å². The van der Waals surface area contributed by atoms with Crippen LogP contribution in [0.1, 0.15) is 29.9 Å². The Bertz CT molecular complexity index is 1100. The van der Waals surface area contributed by atoms with Gasteiger partial charge < -0.3 is 24.8 Å². The molecule has 2 amide bonds. The summed E-state index contributed by atoms with van der Waals surface area (Å²) in [6.07, 6.45) is 1.87. The van der Waals surface area contributed by atoms with E-state index in [0.29, 0.717) is 5.69 Å². The maximum absolute atomic E-state index is 12.4. The first-order valence-electron chi connectivity index (χ1n) is 11.0. The summed E-state index contributed by atoms with van der Waals surface area (Å²) in [7, 11) is 2.14. The second-order valence-corrected chi connectivity index (χ2v) is 8.39. The standard InChI is InChI=1S/C24H30N6O2/c1-17-5-4-6-22-27-20(16-30(17)22)15-25-23(31)24(32)26-18(2)19-7-9-21(10-8-19)29-13-11-28(3)12-14-29/h4-10,16,18H,11-15H2,1-3H3,(H,25,31)(H,26,32). The summed E-state index contributed by atoms with van der Waals surface area (Å²) in [5.74, 6) is -1.32. The Balaban J connectivity index is 1.29. The van der Waals surface area contributed by atoms with Gasteiger partial charge in [0.1, 0.15) is 5.65 Å². The summed E-state index contributed by atoms with van der Waals surface area (Å²) in [4.78, 5) is 33.8. The van der Waals surface area contributed by atoms with E-state index in [1.807, 2.05) is 54.8 Å². The van der Waals surface area contributed by atoms with Gasteiger partial charge in [-0.3, -0.25) is 9.59 Å². The molecule has 1 atom stereocenters. The number of likely N-dealkylation sites (N-methyl/N-ethyl adjacent to an activating group) is 1. The second kappa shape index (κ2) is 9.40. The minimum Gasteiger partial charge on any atom is -0.369 e. The number of hydrogen-bond donors (Lipinski definition) is 2. The van der Waals surface area contributed by atoms with Crippen LogP contribution < -0.4 is 15.5 Å². The van der Waals surface area contributed by atoms with E-state index in [1.165, 1.54) is 5.69 Å². The van der Waals surface area contributed by atoms with E-state index < -0.39 is 11.8 Å². The van der Waals surface area contributed by atoms with Gasteiger partial charge in [-0.05, 0) is 50.7 Å². The summed E-state index contributed by atoms with van der Waals surface area (Å²) in [6, 6.07) is 13.7. The molecule has 168 valence electrons. The number of benzene rings is 1. The minimum absolute atomic E-state index is 0.196. The summed E-state index contributed by atoms with van der Waals surface area (Å²) < 4.78 is 1.95. The van der Waals surface area contributed by atoms with Gasteiger partial charge >= 0.3 is 11.8 Å². The first-order valence-corrected chi connectivity index (χ1v) is 11.0. The third-order valence-electron chi connectivity index (χ3n) is 5.99. The van der Waals surface area contributed by atoms with Gasteiger partial charge in [-0.25, -0.2) is 4.98 Å². The Labute approximate surface area is 188 Å². The first kappa shape index (κ1) is 21.8. The number of imidazole rings is 1. The van der Waals surface area contributed by atoms with Crippen LogP contribution in [0.4, 0.5) is 5.69 Å². The lowest BCUT2D eigenvalue weighted by atomic mass is 10.1. The number of aromatic nitrogens is 2. The Morgan fingerprint density at radius 2 is 1.75 bits per heavy atom. The van der Waals surface area contributed by atoms with Gasteiger partial charge in [0.25, 0.3) is 0 Å². The first-order chi connectivity index (χ1) is 15.4. The predicted molar refractivity (Wildman–Crippen MR) is 124 cm³/mol. The van der Waals surface area contributed by atoms with E-state index in [9.17, 15) is 9.59 Å². The molecule has 2 aromatic heterocycles. The van der Waals surface area contributed by atoms with Gasteiger partial charge in [0, 0.05) is 43.8 Å². The Hall–Kier alpha value is -3.39. The Kier molecular flexibility index (Phi) is 6.41. The van der Waals surface area contributed by atoms with Crippen molar-refractivity contribution in [2.75, 3.05) is 38.1 Å². The number of nitrogens with one attached hydrogen (secondary N) is 2. The SMILES string of the molecule is Cc1cccc2nc(CNC(=O)C(=O)NC(C)c3ccc(N4CCN(C)CC4)cc3)cn12. The molecule has 0 aliphatic carbocycles. The molecule has 2 N–H and O–H groups in total. The summed E-state index contributed by atoms with van der Waals surface area (Å²) in [5.41, 5.74) is 4.71. The highest BCUT2D eigenvalue weighted by Crippen LogP contribution is 2.20. The molecule has 1 fully saturated rings. The number of fused-ring (bicyclic) bond motifs is 1.